The molecule has 11 aromatic rings. The Kier molecular flexibility index (Phi) is 8.04. The van der Waals surface area contributed by atoms with Gasteiger partial charge >= 0.3 is 0 Å². The van der Waals surface area contributed by atoms with E-state index in [1.165, 1.54) is 63.6 Å². The van der Waals surface area contributed by atoms with Gasteiger partial charge in [-0.05, 0) is 110 Å². The number of rotatable bonds is 7. The van der Waals surface area contributed by atoms with Gasteiger partial charge in [-0.3, -0.25) is 0 Å². The van der Waals surface area contributed by atoms with Gasteiger partial charge in [0.25, 0.3) is 0 Å². The monoisotopic (exact) mass is 744 g/mol. The van der Waals surface area contributed by atoms with Crippen LogP contribution in [-0.2, 0) is 0 Å². The van der Waals surface area contributed by atoms with Gasteiger partial charge in [0.15, 0.2) is 0 Å². The molecule has 0 amide bonds. The molecule has 3 heteroatoms. The van der Waals surface area contributed by atoms with Crippen LogP contribution in [0.25, 0.3) is 63.6 Å². The van der Waals surface area contributed by atoms with Crippen LogP contribution in [0.1, 0.15) is 0 Å². The van der Waals surface area contributed by atoms with E-state index in [9.17, 15) is 0 Å². The van der Waals surface area contributed by atoms with Crippen molar-refractivity contribution < 1.29 is 0 Å². The van der Waals surface area contributed by atoms with Gasteiger partial charge in [-0.2, -0.15) is 0 Å². The standard InChI is InChI=1S/C54H36N2S/c1-3-13-37(14-4-1)40-23-28-45(29-24-40)56(47-31-26-39-16-8-10-19-43(39)34-47)51-36-48(35-50-53-49-22-12-11-17-41(49)27-32-52(53)57-54(50)51)55(44-20-5-2-6-21-44)46-30-25-38-15-7-9-18-42(38)33-46/h1-36H. The Morgan fingerprint density at radius 2 is 0.807 bits per heavy atom. The predicted molar refractivity (Wildman–Crippen MR) is 247 cm³/mol. The largest absolute Gasteiger partial charge is 0.310 e. The summed E-state index contributed by atoms with van der Waals surface area (Å²) >= 11 is 1.88. The summed E-state index contributed by atoms with van der Waals surface area (Å²) in [7, 11) is 0. The van der Waals surface area contributed by atoms with E-state index in [4.69, 9.17) is 0 Å². The summed E-state index contributed by atoms with van der Waals surface area (Å²) < 4.78 is 2.52. The van der Waals surface area contributed by atoms with Crippen LogP contribution in [0.5, 0.6) is 0 Å². The molecule has 0 atom stereocenters. The number of para-hydroxylation sites is 1. The van der Waals surface area contributed by atoms with E-state index in [-0.39, 0.29) is 0 Å². The summed E-state index contributed by atoms with van der Waals surface area (Å²) in [5.41, 5.74) is 9.05. The van der Waals surface area contributed by atoms with Gasteiger partial charge in [-0.25, -0.2) is 0 Å². The van der Waals surface area contributed by atoms with E-state index in [0.717, 1.165) is 34.1 Å². The molecule has 0 unspecified atom stereocenters. The minimum atomic E-state index is 1.10. The molecular weight excluding hydrogens is 709 g/mol. The highest BCUT2D eigenvalue weighted by atomic mass is 32.1. The van der Waals surface area contributed by atoms with Crippen molar-refractivity contribution >= 4 is 98.0 Å². The molecule has 10 aromatic carbocycles. The summed E-state index contributed by atoms with van der Waals surface area (Å²) in [4.78, 5) is 4.88. The summed E-state index contributed by atoms with van der Waals surface area (Å²) in [5.74, 6) is 0. The Hall–Kier alpha value is -7.20. The lowest BCUT2D eigenvalue weighted by Crippen LogP contribution is -2.13. The molecule has 11 rings (SSSR count). The Morgan fingerprint density at radius 3 is 1.49 bits per heavy atom. The minimum Gasteiger partial charge on any atom is -0.310 e. The quantitative estimate of drug-likeness (QED) is 0.160. The highest BCUT2D eigenvalue weighted by molar-refractivity contribution is 7.26. The van der Waals surface area contributed by atoms with Crippen molar-refractivity contribution in [1.82, 2.24) is 0 Å². The third-order valence-corrected chi connectivity index (χ3v) is 12.3. The maximum atomic E-state index is 2.47. The second-order valence-corrected chi connectivity index (χ2v) is 15.6. The number of benzene rings is 10. The van der Waals surface area contributed by atoms with E-state index < -0.39 is 0 Å². The third-order valence-electron chi connectivity index (χ3n) is 11.2. The fraction of sp³-hybridized carbons (Fsp3) is 0. The van der Waals surface area contributed by atoms with Crippen molar-refractivity contribution in [2.45, 2.75) is 0 Å². The first kappa shape index (κ1) is 33.2. The average molecular weight is 745 g/mol. The first-order chi connectivity index (χ1) is 28.2. The maximum Gasteiger partial charge on any atom is 0.0661 e. The average Bonchev–Trinajstić information content (AvgIpc) is 3.67. The van der Waals surface area contributed by atoms with Crippen LogP contribution in [-0.4, -0.2) is 0 Å². The highest BCUT2D eigenvalue weighted by Crippen LogP contribution is 2.50. The molecule has 0 radical (unpaired) electrons. The van der Waals surface area contributed by atoms with Crippen molar-refractivity contribution in [1.29, 1.82) is 0 Å². The van der Waals surface area contributed by atoms with Gasteiger partial charge < -0.3 is 9.80 Å². The number of thiophene rings is 1. The van der Waals surface area contributed by atoms with Crippen LogP contribution in [0.15, 0.2) is 218 Å². The molecule has 0 saturated carbocycles. The molecule has 57 heavy (non-hydrogen) atoms. The summed E-state index contributed by atoms with van der Waals surface area (Å²) in [6.07, 6.45) is 0. The van der Waals surface area contributed by atoms with Gasteiger partial charge in [0, 0.05) is 43.9 Å². The summed E-state index contributed by atoms with van der Waals surface area (Å²) in [6.45, 7) is 0. The van der Waals surface area contributed by atoms with Crippen LogP contribution < -0.4 is 9.80 Å². The normalized spacial score (nSPS) is 11.5. The molecule has 0 spiro atoms. The summed E-state index contributed by atoms with van der Waals surface area (Å²) in [6, 6.07) is 79.6. The van der Waals surface area contributed by atoms with Crippen LogP contribution in [0.2, 0.25) is 0 Å². The highest BCUT2D eigenvalue weighted by Gasteiger charge is 2.24. The molecule has 1 heterocycles. The van der Waals surface area contributed by atoms with Gasteiger partial charge in [-0.1, -0.05) is 152 Å². The first-order valence-electron chi connectivity index (χ1n) is 19.4. The number of fused-ring (bicyclic) bond motifs is 7. The zero-order chi connectivity index (χ0) is 37.7. The number of anilines is 6. The van der Waals surface area contributed by atoms with E-state index in [1.54, 1.807) is 0 Å². The van der Waals surface area contributed by atoms with Crippen molar-refractivity contribution in [3.05, 3.63) is 218 Å². The maximum absolute atomic E-state index is 2.47. The van der Waals surface area contributed by atoms with Gasteiger partial charge in [0.05, 0.1) is 10.4 Å². The molecule has 0 aliphatic rings. The van der Waals surface area contributed by atoms with Gasteiger partial charge in [0.2, 0.25) is 0 Å². The Balaban J connectivity index is 1.23. The van der Waals surface area contributed by atoms with Crippen LogP contribution in [0.3, 0.4) is 0 Å². The molecule has 0 fully saturated rings. The molecule has 0 aliphatic carbocycles. The van der Waals surface area contributed by atoms with Crippen molar-refractivity contribution in [3.63, 3.8) is 0 Å². The smallest absolute Gasteiger partial charge is 0.0661 e. The molecular formula is C54H36N2S. The van der Waals surface area contributed by atoms with Crippen molar-refractivity contribution in [2.24, 2.45) is 0 Å². The van der Waals surface area contributed by atoms with Gasteiger partial charge in [-0.15, -0.1) is 11.3 Å². The lowest BCUT2D eigenvalue weighted by molar-refractivity contribution is 1.27. The van der Waals surface area contributed by atoms with E-state index >= 15 is 0 Å². The number of hydrogen-bond donors (Lipinski definition) is 0. The SMILES string of the molecule is c1ccc(-c2ccc(N(c3ccc4ccccc4c3)c3cc(N(c4ccccc4)c4ccc5ccccc5c4)cc4c3sc3ccc5ccccc5c34)cc2)cc1. The first-order valence-corrected chi connectivity index (χ1v) is 20.2. The third kappa shape index (κ3) is 5.88. The van der Waals surface area contributed by atoms with Crippen molar-refractivity contribution in [2.75, 3.05) is 9.80 Å². The topological polar surface area (TPSA) is 6.48 Å². The lowest BCUT2D eigenvalue weighted by atomic mass is 10.0. The molecule has 0 aliphatic heterocycles. The van der Waals surface area contributed by atoms with Crippen molar-refractivity contribution in [3.8, 4) is 11.1 Å². The van der Waals surface area contributed by atoms with Crippen LogP contribution in [0, 0.1) is 0 Å². The molecule has 0 saturated heterocycles. The Labute approximate surface area is 335 Å². The molecule has 2 nitrogen and oxygen atoms in total. The second-order valence-electron chi connectivity index (χ2n) is 14.6. The van der Waals surface area contributed by atoms with Gasteiger partial charge in [0.1, 0.15) is 0 Å². The molecule has 1 aromatic heterocycles. The zero-order valence-electron chi connectivity index (χ0n) is 31.1. The lowest BCUT2D eigenvalue weighted by Gasteiger charge is -2.30. The summed E-state index contributed by atoms with van der Waals surface area (Å²) in [5, 5.41) is 9.91. The molecule has 268 valence electrons. The predicted octanol–water partition coefficient (Wildman–Crippen LogP) is 16.1. The number of nitrogens with zero attached hydrogens (tertiary/aromatic N) is 2. The van der Waals surface area contributed by atoms with E-state index in [0.29, 0.717) is 0 Å². The molecule has 0 bridgehead atoms. The Bertz CT molecular complexity index is 3240. The van der Waals surface area contributed by atoms with E-state index in [1.807, 2.05) is 11.3 Å². The number of hydrogen-bond acceptors (Lipinski definition) is 3. The fourth-order valence-electron chi connectivity index (χ4n) is 8.43. The van der Waals surface area contributed by atoms with E-state index in [2.05, 4.69) is 228 Å². The van der Waals surface area contributed by atoms with Crippen LogP contribution in [0.4, 0.5) is 34.1 Å². The zero-order valence-corrected chi connectivity index (χ0v) is 31.9. The molecule has 0 N–H and O–H groups in total. The second kappa shape index (κ2) is 13.8. The minimum absolute atomic E-state index is 1.10. The fourth-order valence-corrected chi connectivity index (χ4v) is 9.63. The Morgan fingerprint density at radius 1 is 0.298 bits per heavy atom. The van der Waals surface area contributed by atoms with Crippen LogP contribution >= 0.6 is 11.3 Å².